The van der Waals surface area contributed by atoms with Crippen LogP contribution in [0.4, 0.5) is 0 Å². The van der Waals surface area contributed by atoms with Crippen LogP contribution in [0.2, 0.25) is 0 Å². The Balaban J connectivity index is 1.49. The van der Waals surface area contributed by atoms with Crippen LogP contribution in [0.3, 0.4) is 0 Å². The van der Waals surface area contributed by atoms with E-state index in [-0.39, 0.29) is 23.9 Å². The summed E-state index contributed by atoms with van der Waals surface area (Å²) in [6, 6.07) is 17.8. The van der Waals surface area contributed by atoms with E-state index < -0.39 is 10.0 Å². The van der Waals surface area contributed by atoms with Crippen LogP contribution in [0, 0.1) is 0 Å². The van der Waals surface area contributed by atoms with Gasteiger partial charge in [-0.15, -0.1) is 0 Å². The molecule has 1 heterocycles. The Morgan fingerprint density at radius 1 is 0.800 bits per heavy atom. The number of nitrogens with zero attached hydrogens (tertiary/aromatic N) is 2. The highest BCUT2D eigenvalue weighted by Gasteiger charge is 2.29. The lowest BCUT2D eigenvalue weighted by atomic mass is 10.0. The second-order valence-electron chi connectivity index (χ2n) is 8.96. The van der Waals surface area contributed by atoms with Gasteiger partial charge in [0.15, 0.2) is 0 Å². The van der Waals surface area contributed by atoms with Crippen molar-refractivity contribution in [3.8, 4) is 17.2 Å². The van der Waals surface area contributed by atoms with E-state index in [1.54, 1.807) is 62.6 Å². The molecule has 4 rings (SSSR count). The summed E-state index contributed by atoms with van der Waals surface area (Å²) in [5.41, 5.74) is 2.50. The van der Waals surface area contributed by atoms with Gasteiger partial charge in [0.25, 0.3) is 0 Å². The van der Waals surface area contributed by atoms with Crippen LogP contribution in [0.15, 0.2) is 76.1 Å². The third-order valence-electron chi connectivity index (χ3n) is 6.57. The van der Waals surface area contributed by atoms with Crippen molar-refractivity contribution in [3.63, 3.8) is 0 Å². The highest BCUT2D eigenvalue weighted by molar-refractivity contribution is 9.10. The number of methoxy groups -OCH3 is 3. The number of hydrogen-bond donors (Lipinski definition) is 0. The number of sulfonamides is 1. The van der Waals surface area contributed by atoms with Crippen molar-refractivity contribution in [2.75, 3.05) is 47.5 Å². The zero-order valence-electron chi connectivity index (χ0n) is 22.5. The minimum absolute atomic E-state index is 0.205. The summed E-state index contributed by atoms with van der Waals surface area (Å²) in [4.78, 5) is 15.0. The molecule has 1 aliphatic rings. The molecule has 0 radical (unpaired) electrons. The average Bonchev–Trinajstić information content (AvgIpc) is 2.99. The first kappa shape index (κ1) is 29.4. The van der Waals surface area contributed by atoms with Gasteiger partial charge in [0, 0.05) is 48.4 Å². The molecule has 3 aromatic rings. The Hall–Kier alpha value is -3.60. The molecule has 0 unspecified atom stereocenters. The molecule has 3 aromatic carbocycles. The third kappa shape index (κ3) is 6.93. The van der Waals surface area contributed by atoms with Crippen LogP contribution in [0.1, 0.15) is 16.7 Å². The molecule has 1 amide bonds. The Bertz CT molecular complexity index is 1490. The van der Waals surface area contributed by atoms with E-state index >= 15 is 0 Å². The fourth-order valence-corrected chi connectivity index (χ4v) is 5.98. The lowest BCUT2D eigenvalue weighted by Gasteiger charge is -2.33. The van der Waals surface area contributed by atoms with Crippen molar-refractivity contribution < 1.29 is 27.4 Å². The summed E-state index contributed by atoms with van der Waals surface area (Å²) in [5, 5.41) is 0. The smallest absolute Gasteiger partial charge is 0.246 e. The van der Waals surface area contributed by atoms with Gasteiger partial charge < -0.3 is 19.1 Å². The molecule has 0 N–H and O–H groups in total. The fraction of sp³-hybridized carbons (Fsp3) is 0.233. The first-order chi connectivity index (χ1) is 19.2. The van der Waals surface area contributed by atoms with Crippen molar-refractivity contribution >= 4 is 50.1 Å². The van der Waals surface area contributed by atoms with Crippen molar-refractivity contribution in [2.24, 2.45) is 0 Å². The molecule has 1 fully saturated rings. The highest BCUT2D eigenvalue weighted by Crippen LogP contribution is 2.31. The van der Waals surface area contributed by atoms with Gasteiger partial charge in [0.05, 0.1) is 26.2 Å². The zero-order chi connectivity index (χ0) is 28.7. The normalized spacial score (nSPS) is 14.6. The minimum Gasteiger partial charge on any atom is -0.497 e. The molecule has 0 aromatic heterocycles. The van der Waals surface area contributed by atoms with Gasteiger partial charge in [0.1, 0.15) is 17.2 Å². The molecular weight excluding hydrogens is 596 g/mol. The summed E-state index contributed by atoms with van der Waals surface area (Å²) in [6.45, 7) is 1.03. The van der Waals surface area contributed by atoms with E-state index in [4.69, 9.17) is 14.2 Å². The van der Waals surface area contributed by atoms with Crippen molar-refractivity contribution in [2.45, 2.75) is 4.90 Å². The zero-order valence-corrected chi connectivity index (χ0v) is 24.9. The lowest BCUT2D eigenvalue weighted by molar-refractivity contribution is -0.127. The van der Waals surface area contributed by atoms with Crippen molar-refractivity contribution in [3.05, 3.63) is 87.9 Å². The molecule has 8 nitrogen and oxygen atoms in total. The van der Waals surface area contributed by atoms with Crippen molar-refractivity contribution in [1.29, 1.82) is 0 Å². The number of halogens is 1. The number of carbonyl (C=O) groups excluding carboxylic acids is 1. The Morgan fingerprint density at radius 3 is 2.05 bits per heavy atom. The molecule has 1 aliphatic heterocycles. The summed E-state index contributed by atoms with van der Waals surface area (Å²) in [6.07, 6.45) is 7.11. The van der Waals surface area contributed by atoms with E-state index in [1.165, 1.54) is 10.4 Å². The van der Waals surface area contributed by atoms with E-state index in [0.29, 0.717) is 24.6 Å². The Morgan fingerprint density at radius 2 is 1.45 bits per heavy atom. The monoisotopic (exact) mass is 626 g/mol. The van der Waals surface area contributed by atoms with Crippen LogP contribution in [-0.4, -0.2) is 71.0 Å². The van der Waals surface area contributed by atoms with Crippen LogP contribution in [0.5, 0.6) is 17.2 Å². The second-order valence-corrected chi connectivity index (χ2v) is 11.8. The molecular formula is C30H31BrN2O6S. The van der Waals surface area contributed by atoms with E-state index in [1.807, 2.05) is 42.5 Å². The number of hydrogen-bond acceptors (Lipinski definition) is 6. The summed E-state index contributed by atoms with van der Waals surface area (Å²) < 4.78 is 44.5. The maximum Gasteiger partial charge on any atom is 0.246 e. The minimum atomic E-state index is -3.62. The first-order valence-corrected chi connectivity index (χ1v) is 14.8. The van der Waals surface area contributed by atoms with Gasteiger partial charge in [0.2, 0.25) is 15.9 Å². The number of piperazine rings is 1. The third-order valence-corrected chi connectivity index (χ3v) is 9.01. The van der Waals surface area contributed by atoms with Gasteiger partial charge in [-0.2, -0.15) is 4.31 Å². The maximum absolute atomic E-state index is 13.1. The molecule has 0 spiro atoms. The topological polar surface area (TPSA) is 85.4 Å². The van der Waals surface area contributed by atoms with Gasteiger partial charge in [-0.25, -0.2) is 8.42 Å². The quantitative estimate of drug-likeness (QED) is 0.240. The molecule has 10 heteroatoms. The SMILES string of the molecule is COc1ccc(/C=C/c2cc(OC)cc(OC)c2/C=C/C(=O)N2CCN(S(=O)(=O)c3ccc(Br)cc3)CC2)cc1. The van der Waals surface area contributed by atoms with E-state index in [2.05, 4.69) is 15.9 Å². The number of rotatable bonds is 9. The van der Waals surface area contributed by atoms with Crippen LogP contribution >= 0.6 is 15.9 Å². The predicted molar refractivity (Wildman–Crippen MR) is 160 cm³/mol. The molecule has 1 saturated heterocycles. The molecule has 0 atom stereocenters. The summed E-state index contributed by atoms with van der Waals surface area (Å²) in [5.74, 6) is 1.75. The molecule has 40 heavy (non-hydrogen) atoms. The largest absolute Gasteiger partial charge is 0.497 e. The maximum atomic E-state index is 13.1. The van der Waals surface area contributed by atoms with Gasteiger partial charge in [-0.05, 0) is 59.7 Å². The average molecular weight is 628 g/mol. The summed E-state index contributed by atoms with van der Waals surface area (Å²) >= 11 is 3.33. The molecule has 0 saturated carbocycles. The summed E-state index contributed by atoms with van der Waals surface area (Å²) in [7, 11) is 1.15. The molecule has 0 aliphatic carbocycles. The van der Waals surface area contributed by atoms with Crippen LogP contribution < -0.4 is 14.2 Å². The van der Waals surface area contributed by atoms with Gasteiger partial charge >= 0.3 is 0 Å². The number of amides is 1. The van der Waals surface area contributed by atoms with Crippen molar-refractivity contribution in [1.82, 2.24) is 9.21 Å². The first-order valence-electron chi connectivity index (χ1n) is 12.6. The lowest BCUT2D eigenvalue weighted by Crippen LogP contribution is -2.50. The number of ether oxygens (including phenoxy) is 3. The van der Waals surface area contributed by atoms with Gasteiger partial charge in [-0.3, -0.25) is 4.79 Å². The fourth-order valence-electron chi connectivity index (χ4n) is 4.29. The van der Waals surface area contributed by atoms with Crippen LogP contribution in [-0.2, 0) is 14.8 Å². The highest BCUT2D eigenvalue weighted by atomic mass is 79.9. The molecule has 210 valence electrons. The van der Waals surface area contributed by atoms with E-state index in [9.17, 15) is 13.2 Å². The Labute approximate surface area is 243 Å². The number of benzene rings is 3. The molecule has 0 bridgehead atoms. The predicted octanol–water partition coefficient (Wildman–Crippen LogP) is 5.19. The second kappa shape index (κ2) is 13.2. The van der Waals surface area contributed by atoms with E-state index in [0.717, 1.165) is 26.9 Å². The van der Waals surface area contributed by atoms with Gasteiger partial charge in [-0.1, -0.05) is 40.2 Å². The standard InChI is InChI=1S/C30H31BrN2O6S/c1-37-25-10-5-22(6-11-25)4-7-23-20-26(38-2)21-29(39-3)28(23)14-15-30(34)32-16-18-33(19-17-32)40(35,36)27-12-8-24(31)9-13-27/h4-15,20-21H,16-19H2,1-3H3/b7-4+,15-14+. The Kier molecular flexibility index (Phi) is 9.67. The number of carbonyl (C=O) groups is 1. The van der Waals surface area contributed by atoms with Crippen LogP contribution in [0.25, 0.3) is 18.2 Å².